The molecule has 0 spiro atoms. The molecule has 0 amide bonds. The summed E-state index contributed by atoms with van der Waals surface area (Å²) in [5.41, 5.74) is 0.230. The Balaban J connectivity index is 2.47. The first-order valence-electron chi connectivity index (χ1n) is 6.77. The molecule has 0 atom stereocenters. The van der Waals surface area contributed by atoms with Gasteiger partial charge in [-0.3, -0.25) is 0 Å². The maximum Gasteiger partial charge on any atom is 0.189 e. The van der Waals surface area contributed by atoms with Crippen molar-refractivity contribution in [2.75, 3.05) is 24.3 Å². The molecule has 1 aliphatic heterocycles. The summed E-state index contributed by atoms with van der Waals surface area (Å²) in [6.45, 7) is 5.24. The summed E-state index contributed by atoms with van der Waals surface area (Å²) in [5.74, 6) is 0.623. The predicted octanol–water partition coefficient (Wildman–Crippen LogP) is 4.51. The van der Waals surface area contributed by atoms with Crippen molar-refractivity contribution >= 4 is 56.0 Å². The van der Waals surface area contributed by atoms with Crippen molar-refractivity contribution in [3.8, 4) is 5.75 Å². The molecule has 22 heavy (non-hydrogen) atoms. The third-order valence-corrected chi connectivity index (χ3v) is 5.43. The average molecular weight is 407 g/mol. The van der Waals surface area contributed by atoms with E-state index in [-0.39, 0.29) is 21.1 Å². The topological polar surface area (TPSA) is 38.3 Å². The molecule has 1 aromatic heterocycles. The highest BCUT2D eigenvalue weighted by Crippen LogP contribution is 2.46. The van der Waals surface area contributed by atoms with Crippen LogP contribution in [0.1, 0.15) is 13.8 Å². The zero-order chi connectivity index (χ0) is 16.0. The molecule has 1 aromatic carbocycles. The molecule has 2 aromatic rings. The Bertz CT molecular complexity index is 759. The predicted molar refractivity (Wildman–Crippen MR) is 92.0 cm³/mol. The van der Waals surface area contributed by atoms with Gasteiger partial charge in [0, 0.05) is 6.04 Å². The summed E-state index contributed by atoms with van der Waals surface area (Å²) in [7, 11) is 0. The van der Waals surface area contributed by atoms with Crippen LogP contribution in [0.3, 0.4) is 0 Å². The van der Waals surface area contributed by atoms with E-state index < -0.39 is 5.82 Å². The van der Waals surface area contributed by atoms with E-state index in [4.69, 9.17) is 16.3 Å². The molecule has 0 unspecified atom stereocenters. The van der Waals surface area contributed by atoms with Crippen LogP contribution in [0, 0.1) is 5.82 Å². The van der Waals surface area contributed by atoms with E-state index in [0.29, 0.717) is 35.3 Å². The number of hydrogen-bond donors (Lipinski definition) is 0. The Kier molecular flexibility index (Phi) is 4.40. The van der Waals surface area contributed by atoms with Gasteiger partial charge >= 0.3 is 0 Å². The minimum absolute atomic E-state index is 0.173. The Hall–Kier alpha value is -0.790. The number of ether oxygens (including phenoxy) is 1. The zero-order valence-electron chi connectivity index (χ0n) is 12.3. The summed E-state index contributed by atoms with van der Waals surface area (Å²) in [6, 6.07) is 0.202. The van der Waals surface area contributed by atoms with Gasteiger partial charge in [-0.15, -0.1) is 0 Å². The lowest BCUT2D eigenvalue weighted by atomic mass is 10.2. The number of halogens is 3. The molecule has 0 bridgehead atoms. The molecule has 0 N–H and O–H groups in total. The van der Waals surface area contributed by atoms with Crippen molar-refractivity contribution in [3.63, 3.8) is 0 Å². The molecule has 1 aliphatic rings. The summed E-state index contributed by atoms with van der Waals surface area (Å²) >= 11 is 10.8. The standard InChI is InChI=1S/C14H14BrClFN3OS/c1-6(2)20-4-5-21-12-7-11(10(17)8(15)9(12)16)18-14(22-3)19-13(7)20/h6H,4-5H2,1-3H3. The lowest BCUT2D eigenvalue weighted by Gasteiger charge is -2.26. The molecule has 118 valence electrons. The molecule has 8 heteroatoms. The number of benzene rings is 1. The highest BCUT2D eigenvalue weighted by atomic mass is 79.9. The van der Waals surface area contributed by atoms with Crippen molar-refractivity contribution in [2.45, 2.75) is 25.0 Å². The summed E-state index contributed by atoms with van der Waals surface area (Å²) in [4.78, 5) is 11.0. The molecule has 0 fully saturated rings. The van der Waals surface area contributed by atoms with Crippen LogP contribution in [0.2, 0.25) is 5.02 Å². The molecule has 0 saturated heterocycles. The zero-order valence-corrected chi connectivity index (χ0v) is 15.4. The van der Waals surface area contributed by atoms with Gasteiger partial charge in [-0.2, -0.15) is 0 Å². The fourth-order valence-electron chi connectivity index (χ4n) is 2.50. The van der Waals surface area contributed by atoms with Gasteiger partial charge in [0.2, 0.25) is 0 Å². The fraction of sp³-hybridized carbons (Fsp3) is 0.429. The van der Waals surface area contributed by atoms with Crippen LogP contribution in [0.5, 0.6) is 5.75 Å². The lowest BCUT2D eigenvalue weighted by Crippen LogP contribution is -2.34. The van der Waals surface area contributed by atoms with Crippen LogP contribution in [0.4, 0.5) is 10.2 Å². The van der Waals surface area contributed by atoms with Crippen molar-refractivity contribution in [2.24, 2.45) is 0 Å². The van der Waals surface area contributed by atoms with E-state index in [1.165, 1.54) is 11.8 Å². The summed E-state index contributed by atoms with van der Waals surface area (Å²) in [5, 5.41) is 1.28. The maximum atomic E-state index is 14.7. The Labute approximate surface area is 145 Å². The monoisotopic (exact) mass is 405 g/mol. The van der Waals surface area contributed by atoms with Gasteiger partial charge in [0.15, 0.2) is 16.7 Å². The van der Waals surface area contributed by atoms with Crippen molar-refractivity contribution in [1.29, 1.82) is 0 Å². The van der Waals surface area contributed by atoms with Gasteiger partial charge in [0.25, 0.3) is 0 Å². The van der Waals surface area contributed by atoms with Crippen LogP contribution in [0.25, 0.3) is 10.9 Å². The Morgan fingerprint density at radius 2 is 2.14 bits per heavy atom. The molecule has 0 radical (unpaired) electrons. The van der Waals surface area contributed by atoms with Crippen LogP contribution in [0.15, 0.2) is 9.63 Å². The van der Waals surface area contributed by atoms with Crippen LogP contribution in [-0.2, 0) is 0 Å². The van der Waals surface area contributed by atoms with Gasteiger partial charge in [0.05, 0.1) is 16.4 Å². The molecule has 3 rings (SSSR count). The minimum atomic E-state index is -0.489. The van der Waals surface area contributed by atoms with Gasteiger partial charge in [-0.25, -0.2) is 14.4 Å². The van der Waals surface area contributed by atoms with E-state index in [1.807, 2.05) is 6.26 Å². The van der Waals surface area contributed by atoms with Crippen molar-refractivity contribution < 1.29 is 9.13 Å². The summed E-state index contributed by atoms with van der Waals surface area (Å²) < 4.78 is 20.6. The fourth-order valence-corrected chi connectivity index (χ4v) is 3.46. The largest absolute Gasteiger partial charge is 0.489 e. The number of aromatic nitrogens is 2. The highest BCUT2D eigenvalue weighted by molar-refractivity contribution is 9.10. The van der Waals surface area contributed by atoms with E-state index in [0.717, 1.165) is 0 Å². The van der Waals surface area contributed by atoms with Crippen molar-refractivity contribution in [3.05, 3.63) is 15.3 Å². The molecular weight excluding hydrogens is 393 g/mol. The first-order valence-corrected chi connectivity index (χ1v) is 9.16. The first-order chi connectivity index (χ1) is 10.5. The van der Waals surface area contributed by atoms with Crippen LogP contribution >= 0.6 is 39.3 Å². The third kappa shape index (κ3) is 2.43. The van der Waals surface area contributed by atoms with E-state index in [1.54, 1.807) is 0 Å². The third-order valence-electron chi connectivity index (χ3n) is 3.55. The number of thioether (sulfide) groups is 1. The molecular formula is C14H14BrClFN3OS. The smallest absolute Gasteiger partial charge is 0.189 e. The van der Waals surface area contributed by atoms with Crippen LogP contribution in [-0.4, -0.2) is 35.4 Å². The Morgan fingerprint density at radius 1 is 1.41 bits per heavy atom. The first kappa shape index (κ1) is 16.1. The SMILES string of the molecule is CSc1nc2c3c(c(Cl)c(Br)c(F)c3n1)OCCN2C(C)C. The molecule has 2 heterocycles. The van der Waals surface area contributed by atoms with E-state index in [2.05, 4.69) is 44.6 Å². The van der Waals surface area contributed by atoms with Gasteiger partial charge < -0.3 is 9.64 Å². The van der Waals surface area contributed by atoms with Gasteiger partial charge in [-0.1, -0.05) is 23.4 Å². The number of hydrogen-bond acceptors (Lipinski definition) is 5. The quantitative estimate of drug-likeness (QED) is 0.417. The normalized spacial score (nSPS) is 14.4. The number of anilines is 1. The molecule has 4 nitrogen and oxygen atoms in total. The van der Waals surface area contributed by atoms with Crippen molar-refractivity contribution in [1.82, 2.24) is 9.97 Å². The maximum absolute atomic E-state index is 14.7. The van der Waals surface area contributed by atoms with Gasteiger partial charge in [0.1, 0.15) is 23.0 Å². The van der Waals surface area contributed by atoms with Crippen LogP contribution < -0.4 is 9.64 Å². The second-order valence-electron chi connectivity index (χ2n) is 5.16. The molecule has 0 saturated carbocycles. The van der Waals surface area contributed by atoms with Gasteiger partial charge in [-0.05, 0) is 36.0 Å². The van der Waals surface area contributed by atoms with E-state index in [9.17, 15) is 4.39 Å². The van der Waals surface area contributed by atoms with E-state index >= 15 is 0 Å². The number of rotatable bonds is 2. The molecule has 0 aliphatic carbocycles. The summed E-state index contributed by atoms with van der Waals surface area (Å²) in [6.07, 6.45) is 1.87. The average Bonchev–Trinajstić information content (AvgIpc) is 2.70. The minimum Gasteiger partial charge on any atom is -0.489 e. The lowest BCUT2D eigenvalue weighted by molar-refractivity contribution is 0.328. The highest BCUT2D eigenvalue weighted by Gasteiger charge is 2.29. The Morgan fingerprint density at radius 3 is 2.77 bits per heavy atom. The second-order valence-corrected chi connectivity index (χ2v) is 7.11. The second kappa shape index (κ2) is 6.02. The number of nitrogens with zero attached hydrogens (tertiary/aromatic N) is 3.